The Morgan fingerprint density at radius 3 is 2.61 bits per heavy atom. The van der Waals surface area contributed by atoms with E-state index in [2.05, 4.69) is 32.6 Å². The molecule has 6 atom stereocenters. The number of allylic oxidation sites excluding steroid dienone is 3. The fraction of sp³-hybridized carbons (Fsp3) is 0.786. The molecule has 31 heavy (non-hydrogen) atoms. The zero-order chi connectivity index (χ0) is 23.0. The van der Waals surface area contributed by atoms with Gasteiger partial charge in [0.05, 0.1) is 17.3 Å². The molecule has 0 aromatic heterocycles. The Hall–Kier alpha value is -0.900. The first-order valence-corrected chi connectivity index (χ1v) is 12.6. The fourth-order valence-electron chi connectivity index (χ4n) is 7.03. The smallest absolute Gasteiger partial charge is 0.0890 e. The van der Waals surface area contributed by atoms with Crippen LogP contribution in [0, 0.1) is 23.2 Å². The van der Waals surface area contributed by atoms with Crippen molar-refractivity contribution >= 4 is 0 Å². The van der Waals surface area contributed by atoms with E-state index in [0.29, 0.717) is 30.1 Å². The monoisotopic (exact) mass is 430 g/mol. The molecule has 3 N–H and O–H groups in total. The zero-order valence-corrected chi connectivity index (χ0v) is 20.6. The number of fused-ring (bicyclic) bond motifs is 1. The van der Waals surface area contributed by atoms with Gasteiger partial charge in [-0.3, -0.25) is 0 Å². The Labute approximate surface area is 190 Å². The summed E-state index contributed by atoms with van der Waals surface area (Å²) in [4.78, 5) is 0. The van der Waals surface area contributed by atoms with Gasteiger partial charge < -0.3 is 15.3 Å². The second-order valence-electron chi connectivity index (χ2n) is 12.0. The fourth-order valence-corrected chi connectivity index (χ4v) is 7.03. The predicted molar refractivity (Wildman–Crippen MR) is 129 cm³/mol. The number of rotatable bonds is 6. The minimum Gasteiger partial charge on any atom is -0.393 e. The summed E-state index contributed by atoms with van der Waals surface area (Å²) >= 11 is 0. The first-order valence-electron chi connectivity index (χ1n) is 12.6. The van der Waals surface area contributed by atoms with Crippen LogP contribution in [-0.4, -0.2) is 32.6 Å². The largest absolute Gasteiger partial charge is 0.393 e. The summed E-state index contributed by atoms with van der Waals surface area (Å²) in [5.74, 6) is 2.09. The summed E-state index contributed by atoms with van der Waals surface area (Å²) in [6.45, 7) is 14.7. The third kappa shape index (κ3) is 5.54. The van der Waals surface area contributed by atoms with Crippen molar-refractivity contribution in [3.63, 3.8) is 0 Å². The molecule has 3 nitrogen and oxygen atoms in total. The van der Waals surface area contributed by atoms with Crippen LogP contribution < -0.4 is 0 Å². The van der Waals surface area contributed by atoms with Crippen molar-refractivity contribution in [1.29, 1.82) is 0 Å². The third-order valence-electron chi connectivity index (χ3n) is 8.80. The van der Waals surface area contributed by atoms with Crippen LogP contribution in [0.5, 0.6) is 0 Å². The second kappa shape index (κ2) is 9.15. The molecule has 3 saturated carbocycles. The number of hydrogen-bond donors (Lipinski definition) is 3. The van der Waals surface area contributed by atoms with Crippen molar-refractivity contribution in [1.82, 2.24) is 0 Å². The van der Waals surface area contributed by atoms with E-state index in [1.54, 1.807) is 12.5 Å². The SMILES string of the molecule is C=C1/C(=C\C=C2/CCC[C@@]3(C)C2CCC3[C@@H](C)CCCC(C)(C)O)C[C@H](O)C[C@]1(C)O. The summed E-state index contributed by atoms with van der Waals surface area (Å²) in [5, 5.41) is 30.8. The summed E-state index contributed by atoms with van der Waals surface area (Å²) < 4.78 is 0. The molecule has 176 valence electrons. The van der Waals surface area contributed by atoms with E-state index >= 15 is 0 Å². The molecule has 3 aliphatic carbocycles. The van der Waals surface area contributed by atoms with Crippen molar-refractivity contribution in [2.45, 2.75) is 116 Å². The van der Waals surface area contributed by atoms with E-state index < -0.39 is 17.3 Å². The van der Waals surface area contributed by atoms with E-state index in [1.165, 1.54) is 32.1 Å². The van der Waals surface area contributed by atoms with Crippen LogP contribution in [0.4, 0.5) is 0 Å². The highest BCUT2D eigenvalue weighted by Crippen LogP contribution is 2.60. The molecule has 0 aliphatic heterocycles. The molecular formula is C28H46O3. The van der Waals surface area contributed by atoms with Gasteiger partial charge in [-0.25, -0.2) is 0 Å². The average molecular weight is 431 g/mol. The molecule has 0 bridgehead atoms. The number of aliphatic hydroxyl groups excluding tert-OH is 1. The Bertz CT molecular complexity index is 723. The maximum atomic E-state index is 10.6. The van der Waals surface area contributed by atoms with Gasteiger partial charge in [0.2, 0.25) is 0 Å². The maximum Gasteiger partial charge on any atom is 0.0890 e. The number of aliphatic hydroxyl groups is 3. The first kappa shape index (κ1) is 24.7. The van der Waals surface area contributed by atoms with E-state index in [0.717, 1.165) is 36.3 Å². The quantitative estimate of drug-likeness (QED) is 0.477. The average Bonchev–Trinajstić information content (AvgIpc) is 2.99. The minimum absolute atomic E-state index is 0.366. The molecule has 3 heteroatoms. The Morgan fingerprint density at radius 1 is 1.23 bits per heavy atom. The van der Waals surface area contributed by atoms with Crippen LogP contribution in [0.3, 0.4) is 0 Å². The van der Waals surface area contributed by atoms with Gasteiger partial charge in [0.25, 0.3) is 0 Å². The van der Waals surface area contributed by atoms with Crippen LogP contribution in [0.2, 0.25) is 0 Å². The van der Waals surface area contributed by atoms with Crippen LogP contribution in [0.1, 0.15) is 98.8 Å². The molecule has 3 aliphatic rings. The van der Waals surface area contributed by atoms with Gasteiger partial charge in [-0.05, 0) is 100 Å². The van der Waals surface area contributed by atoms with Crippen LogP contribution >= 0.6 is 0 Å². The van der Waals surface area contributed by atoms with Gasteiger partial charge in [-0.2, -0.15) is 0 Å². The van der Waals surface area contributed by atoms with Crippen molar-refractivity contribution in [3.05, 3.63) is 35.5 Å². The van der Waals surface area contributed by atoms with Crippen molar-refractivity contribution in [2.24, 2.45) is 23.2 Å². The summed E-state index contributed by atoms with van der Waals surface area (Å²) in [6.07, 6.45) is 14.4. The van der Waals surface area contributed by atoms with Crippen molar-refractivity contribution in [2.75, 3.05) is 0 Å². The van der Waals surface area contributed by atoms with Gasteiger partial charge in [0.15, 0.2) is 0 Å². The van der Waals surface area contributed by atoms with Gasteiger partial charge in [0, 0.05) is 6.42 Å². The third-order valence-corrected chi connectivity index (χ3v) is 8.80. The zero-order valence-electron chi connectivity index (χ0n) is 20.6. The second-order valence-corrected chi connectivity index (χ2v) is 12.0. The molecule has 3 fully saturated rings. The highest BCUT2D eigenvalue weighted by molar-refractivity contribution is 5.41. The van der Waals surface area contributed by atoms with Crippen molar-refractivity contribution < 1.29 is 15.3 Å². The molecule has 0 aromatic rings. The van der Waals surface area contributed by atoms with Crippen LogP contribution in [0.25, 0.3) is 0 Å². The van der Waals surface area contributed by atoms with Crippen LogP contribution in [0.15, 0.2) is 35.5 Å². The molecule has 3 rings (SSSR count). The van der Waals surface area contributed by atoms with Gasteiger partial charge >= 0.3 is 0 Å². The highest BCUT2D eigenvalue weighted by atomic mass is 16.3. The van der Waals surface area contributed by atoms with Gasteiger partial charge in [0.1, 0.15) is 0 Å². The standard InChI is InChI=1S/C28H46O3/c1-19(9-7-15-26(3,4)30)24-13-14-25-21(10-8-16-27(24,25)5)11-12-22-17-23(29)18-28(6,31)20(22)2/h11-12,19,23-25,29-31H,2,7-10,13-18H2,1,3-6H3/b21-11+,22-12-/t19-,23-,24?,25?,27+,28-/m0/s1. The molecule has 0 saturated heterocycles. The molecular weight excluding hydrogens is 384 g/mol. The predicted octanol–water partition coefficient (Wildman–Crippen LogP) is 6.09. The maximum absolute atomic E-state index is 10.6. The lowest BCUT2D eigenvalue weighted by Crippen LogP contribution is -2.37. The van der Waals surface area contributed by atoms with Crippen LogP contribution in [-0.2, 0) is 0 Å². The first-order chi connectivity index (χ1) is 14.3. The van der Waals surface area contributed by atoms with E-state index in [9.17, 15) is 15.3 Å². The normalized spacial score (nSPS) is 40.4. The molecule has 2 unspecified atom stereocenters. The Kier molecular flexibility index (Phi) is 7.30. The molecule has 0 amide bonds. The summed E-state index contributed by atoms with van der Waals surface area (Å²) in [7, 11) is 0. The minimum atomic E-state index is -1.01. The van der Waals surface area contributed by atoms with Crippen molar-refractivity contribution in [3.8, 4) is 0 Å². The summed E-state index contributed by atoms with van der Waals surface area (Å²) in [6, 6.07) is 0. The highest BCUT2D eigenvalue weighted by Gasteiger charge is 2.50. The lowest BCUT2D eigenvalue weighted by atomic mass is 9.60. The Balaban J connectivity index is 1.72. The molecule has 0 aromatic carbocycles. The van der Waals surface area contributed by atoms with Gasteiger partial charge in [-0.1, -0.05) is 51.0 Å². The number of hydrogen-bond acceptors (Lipinski definition) is 3. The van der Waals surface area contributed by atoms with Gasteiger partial charge in [-0.15, -0.1) is 0 Å². The molecule has 0 spiro atoms. The van der Waals surface area contributed by atoms with E-state index in [-0.39, 0.29) is 0 Å². The van der Waals surface area contributed by atoms with E-state index in [4.69, 9.17) is 0 Å². The lowest BCUT2D eigenvalue weighted by molar-refractivity contribution is 0.0204. The summed E-state index contributed by atoms with van der Waals surface area (Å²) in [5.41, 5.74) is 2.11. The lowest BCUT2D eigenvalue weighted by Gasteiger charge is -2.44. The molecule has 0 radical (unpaired) electrons. The van der Waals surface area contributed by atoms with E-state index in [1.807, 2.05) is 13.8 Å². The molecule has 0 heterocycles. The topological polar surface area (TPSA) is 60.7 Å². The Morgan fingerprint density at radius 2 is 1.94 bits per heavy atom.